The number of ether oxygens (including phenoxy) is 2. The Kier molecular flexibility index (Phi) is 12.6. The minimum absolute atomic E-state index is 0. The molecule has 50 heavy (non-hydrogen) atoms. The van der Waals surface area contributed by atoms with Crippen molar-refractivity contribution in [2.24, 2.45) is 0 Å². The second-order valence-electron chi connectivity index (χ2n) is 12.3. The van der Waals surface area contributed by atoms with Crippen LogP contribution in [0.2, 0.25) is 0 Å². The highest BCUT2D eigenvalue weighted by Gasteiger charge is 2.44. The van der Waals surface area contributed by atoms with E-state index < -0.39 is 12.0 Å². The molecule has 2 atom stereocenters. The molecular formula is C34H41Cl2F3N8O3. The number of urea groups is 1. The molecule has 3 heterocycles. The third kappa shape index (κ3) is 7.78. The predicted octanol–water partition coefficient (Wildman–Crippen LogP) is 5.23. The minimum atomic E-state index is -4.78. The third-order valence-electron chi connectivity index (χ3n) is 9.18. The molecule has 0 aliphatic carbocycles. The summed E-state index contributed by atoms with van der Waals surface area (Å²) in [6, 6.07) is 23.8. The van der Waals surface area contributed by atoms with E-state index in [0.717, 1.165) is 0 Å². The Morgan fingerprint density at radius 2 is 1.54 bits per heavy atom. The predicted molar refractivity (Wildman–Crippen MR) is 187 cm³/mol. The molecule has 2 aliphatic heterocycles. The fourth-order valence-electron chi connectivity index (χ4n) is 7.13. The zero-order valence-electron chi connectivity index (χ0n) is 28.2. The fourth-order valence-corrected chi connectivity index (χ4v) is 7.13. The number of rotatable bonds is 8. The van der Waals surface area contributed by atoms with Crippen LogP contribution in [0.1, 0.15) is 28.4 Å². The van der Waals surface area contributed by atoms with Gasteiger partial charge in [0.2, 0.25) is 0 Å². The van der Waals surface area contributed by atoms with Gasteiger partial charge in [-0.2, -0.15) is 17.9 Å². The van der Waals surface area contributed by atoms with E-state index in [4.69, 9.17) is 9.47 Å². The number of methoxy groups -OCH3 is 2. The maximum Gasteiger partial charge on any atom is 0.453 e. The first-order valence-electron chi connectivity index (χ1n) is 15.7. The normalized spacial score (nSPS) is 18.1. The average Bonchev–Trinajstić information content (AvgIpc) is 3.59. The van der Waals surface area contributed by atoms with Gasteiger partial charge in [0.25, 0.3) is 5.82 Å². The lowest BCUT2D eigenvalue weighted by molar-refractivity contribution is -0.146. The first kappa shape index (κ1) is 38.7. The Morgan fingerprint density at radius 3 is 2.10 bits per heavy atom. The molecule has 270 valence electrons. The molecule has 2 fully saturated rings. The number of aromatic nitrogens is 4. The van der Waals surface area contributed by atoms with Crippen LogP contribution in [0.5, 0.6) is 11.5 Å². The lowest BCUT2D eigenvalue weighted by Crippen LogP contribution is -2.67. The van der Waals surface area contributed by atoms with E-state index in [1.165, 1.54) is 31.4 Å². The van der Waals surface area contributed by atoms with Gasteiger partial charge in [-0.05, 0) is 33.7 Å². The van der Waals surface area contributed by atoms with E-state index in [9.17, 15) is 18.0 Å². The largest absolute Gasteiger partial charge is 0.496 e. The molecule has 2 saturated heterocycles. The second-order valence-corrected chi connectivity index (χ2v) is 12.3. The molecule has 0 saturated carbocycles. The molecule has 11 nitrogen and oxygen atoms in total. The third-order valence-corrected chi connectivity index (χ3v) is 9.18. The molecule has 0 spiro atoms. The summed E-state index contributed by atoms with van der Waals surface area (Å²) in [5.74, 6) is -0.597. The van der Waals surface area contributed by atoms with Crippen molar-refractivity contribution in [2.45, 2.75) is 30.7 Å². The van der Waals surface area contributed by atoms with Crippen molar-refractivity contribution < 1.29 is 27.4 Å². The Bertz CT molecular complexity index is 1680. The molecule has 0 N–H and O–H groups in total. The van der Waals surface area contributed by atoms with Crippen LogP contribution < -0.4 is 9.47 Å². The van der Waals surface area contributed by atoms with Gasteiger partial charge in [-0.25, -0.2) is 4.79 Å². The zero-order valence-corrected chi connectivity index (χ0v) is 29.8. The Labute approximate surface area is 301 Å². The number of hydrogen-bond acceptors (Lipinski definition) is 8. The van der Waals surface area contributed by atoms with Crippen LogP contribution in [0, 0.1) is 0 Å². The summed E-state index contributed by atoms with van der Waals surface area (Å²) in [4.78, 5) is 21.4. The van der Waals surface area contributed by atoms with Crippen LogP contribution >= 0.6 is 24.8 Å². The smallest absolute Gasteiger partial charge is 0.453 e. The van der Waals surface area contributed by atoms with E-state index in [1.807, 2.05) is 41.3 Å². The number of nitrogens with zero attached hydrogens (tertiary/aromatic N) is 8. The summed E-state index contributed by atoms with van der Waals surface area (Å²) >= 11 is 0. The van der Waals surface area contributed by atoms with E-state index >= 15 is 0 Å². The van der Waals surface area contributed by atoms with Gasteiger partial charge in [0.05, 0.1) is 19.8 Å². The highest BCUT2D eigenvalue weighted by Crippen LogP contribution is 2.40. The van der Waals surface area contributed by atoms with Gasteiger partial charge in [-0.1, -0.05) is 60.7 Å². The second kappa shape index (κ2) is 16.3. The van der Waals surface area contributed by atoms with Gasteiger partial charge in [-0.15, -0.1) is 29.9 Å². The van der Waals surface area contributed by atoms with Crippen molar-refractivity contribution >= 4 is 30.8 Å². The molecule has 0 bridgehead atoms. The van der Waals surface area contributed by atoms with E-state index in [1.54, 1.807) is 25.1 Å². The van der Waals surface area contributed by atoms with Crippen LogP contribution in [0.4, 0.5) is 18.0 Å². The fraction of sp³-hybridized carbons (Fsp3) is 0.412. The minimum Gasteiger partial charge on any atom is -0.496 e. The van der Waals surface area contributed by atoms with Crippen LogP contribution in [0.15, 0.2) is 72.8 Å². The van der Waals surface area contributed by atoms with Gasteiger partial charge in [0.15, 0.2) is 5.75 Å². The molecule has 16 heteroatoms. The van der Waals surface area contributed by atoms with Crippen molar-refractivity contribution in [1.82, 2.24) is 39.8 Å². The van der Waals surface area contributed by atoms with Crippen molar-refractivity contribution in [3.8, 4) is 17.2 Å². The molecule has 0 radical (unpaired) electrons. The van der Waals surface area contributed by atoms with Crippen LogP contribution in [-0.2, 0) is 12.7 Å². The van der Waals surface area contributed by atoms with Gasteiger partial charge >= 0.3 is 12.2 Å². The van der Waals surface area contributed by atoms with Gasteiger partial charge in [-0.3, -0.25) is 9.80 Å². The van der Waals surface area contributed by atoms with Crippen LogP contribution in [0.3, 0.4) is 0 Å². The van der Waals surface area contributed by atoms with Crippen molar-refractivity contribution in [2.75, 3.05) is 61.0 Å². The summed E-state index contributed by atoms with van der Waals surface area (Å²) in [7, 11) is 6.44. The number of piperazine rings is 2. The first-order chi connectivity index (χ1) is 23.1. The lowest BCUT2D eigenvalue weighted by Gasteiger charge is -2.53. The number of hydrogen-bond donors (Lipinski definition) is 0. The van der Waals surface area contributed by atoms with Crippen LogP contribution in [-0.4, -0.2) is 119 Å². The molecule has 0 unspecified atom stereocenters. The average molecular weight is 738 g/mol. The number of amides is 2. The topological polar surface area (TPSA) is 92.1 Å². The van der Waals surface area contributed by atoms with Crippen LogP contribution in [0.25, 0.3) is 5.69 Å². The summed E-state index contributed by atoms with van der Waals surface area (Å²) in [6.07, 6.45) is -4.78. The van der Waals surface area contributed by atoms with E-state index in [2.05, 4.69) is 49.6 Å². The van der Waals surface area contributed by atoms with Crippen molar-refractivity contribution in [3.05, 3.63) is 95.3 Å². The molecule has 2 aliphatic rings. The first-order valence-corrected chi connectivity index (χ1v) is 15.7. The van der Waals surface area contributed by atoms with Gasteiger partial charge < -0.3 is 19.3 Å². The Morgan fingerprint density at radius 1 is 0.900 bits per heavy atom. The van der Waals surface area contributed by atoms with E-state index in [-0.39, 0.29) is 60.3 Å². The van der Waals surface area contributed by atoms with Gasteiger partial charge in [0.1, 0.15) is 11.4 Å². The molecule has 3 aromatic carbocycles. The summed E-state index contributed by atoms with van der Waals surface area (Å²) in [5.41, 5.74) is 2.97. The standard InChI is InChI=1S/C34H39F3N8O3.2ClH/c1-41(2)33(46)43-17-18-44-25(20-43)19-42(22-28(44)30(23-11-7-5-8-12-23)24-13-9-6-10-14-24)21-26-29(47-3)16-15-27(31(26)48-4)45-32(34(35,36)37)38-39-40-45;;/h5-16,25,28,30H,17-22H2,1-4H3;2*1H/t25-,28+;;/m1../s1. The summed E-state index contributed by atoms with van der Waals surface area (Å²) < 4.78 is 53.7. The Hall–Kier alpha value is -4.11. The number of carbonyl (C=O) groups excluding carboxylic acids is 1. The maximum absolute atomic E-state index is 13.8. The highest BCUT2D eigenvalue weighted by molar-refractivity contribution is 5.85. The quantitative estimate of drug-likeness (QED) is 0.243. The molecule has 6 rings (SSSR count). The molecular weight excluding hydrogens is 696 g/mol. The number of carbonyl (C=O) groups is 1. The molecule has 2 amide bonds. The van der Waals surface area contributed by atoms with E-state index in [0.29, 0.717) is 55.3 Å². The van der Waals surface area contributed by atoms with Gasteiger partial charge in [0, 0.05) is 71.4 Å². The van der Waals surface area contributed by atoms with Crippen molar-refractivity contribution in [1.29, 1.82) is 0 Å². The summed E-state index contributed by atoms with van der Waals surface area (Å²) in [6.45, 7) is 3.41. The van der Waals surface area contributed by atoms with Crippen molar-refractivity contribution in [3.63, 3.8) is 0 Å². The lowest BCUT2D eigenvalue weighted by atomic mass is 9.81. The number of fused-ring (bicyclic) bond motifs is 1. The highest BCUT2D eigenvalue weighted by atomic mass is 35.5. The summed E-state index contributed by atoms with van der Waals surface area (Å²) in [5, 5.41) is 10.2. The Balaban J connectivity index is 0.00000281. The molecule has 1 aromatic heterocycles. The zero-order chi connectivity index (χ0) is 34.0. The maximum atomic E-state index is 13.8. The molecule has 4 aromatic rings. The number of alkyl halides is 3. The number of halogens is 5. The number of tetrazole rings is 1. The SMILES string of the molecule is COc1ccc(-n2nnnc2C(F)(F)F)c(OC)c1CN1C[C@@H]2CN(C(=O)N(C)C)CCN2[C@H](C(c2ccccc2)c2ccccc2)C1.Cl.Cl. The number of benzene rings is 3. The monoisotopic (exact) mass is 736 g/mol.